The van der Waals surface area contributed by atoms with Gasteiger partial charge >= 0.3 is 5.97 Å². The molecular formula is C16H18ClNO5S. The zero-order chi connectivity index (χ0) is 17.7. The average molecular weight is 372 g/mol. The summed E-state index contributed by atoms with van der Waals surface area (Å²) in [7, 11) is -1.56. The predicted octanol–water partition coefficient (Wildman–Crippen LogP) is 1.54. The highest BCUT2D eigenvalue weighted by Gasteiger charge is 2.32. The van der Waals surface area contributed by atoms with Gasteiger partial charge in [0.1, 0.15) is 0 Å². The van der Waals surface area contributed by atoms with Crippen molar-refractivity contribution in [3.05, 3.63) is 40.9 Å². The van der Waals surface area contributed by atoms with Crippen LogP contribution in [0.2, 0.25) is 5.02 Å². The van der Waals surface area contributed by atoms with Gasteiger partial charge < -0.3 is 9.64 Å². The van der Waals surface area contributed by atoms with E-state index in [0.717, 1.165) is 0 Å². The number of hydrogen-bond donors (Lipinski definition) is 0. The maximum absolute atomic E-state index is 12.0. The maximum Gasteiger partial charge on any atom is 0.331 e. The Balaban J connectivity index is 1.83. The number of ether oxygens (including phenoxy) is 1. The van der Waals surface area contributed by atoms with E-state index in [1.165, 1.54) is 24.1 Å². The third kappa shape index (κ3) is 5.07. The minimum absolute atomic E-state index is 0.0460. The van der Waals surface area contributed by atoms with E-state index in [-0.39, 0.29) is 17.5 Å². The third-order valence-electron chi connectivity index (χ3n) is 3.79. The molecule has 0 aromatic heterocycles. The Hall–Kier alpha value is -1.86. The lowest BCUT2D eigenvalue weighted by molar-refractivity contribution is -0.148. The Kier molecular flexibility index (Phi) is 6.01. The largest absolute Gasteiger partial charge is 0.452 e. The van der Waals surface area contributed by atoms with Gasteiger partial charge in [-0.15, -0.1) is 0 Å². The van der Waals surface area contributed by atoms with Crippen molar-refractivity contribution in [1.82, 2.24) is 4.90 Å². The second-order valence-electron chi connectivity index (χ2n) is 5.52. The van der Waals surface area contributed by atoms with Gasteiger partial charge in [-0.2, -0.15) is 0 Å². The first-order chi connectivity index (χ1) is 11.3. The summed E-state index contributed by atoms with van der Waals surface area (Å²) in [6, 6.07) is 6.63. The van der Waals surface area contributed by atoms with Crippen LogP contribution >= 0.6 is 11.6 Å². The summed E-state index contributed by atoms with van der Waals surface area (Å²) in [5, 5.41) is 0.500. The molecule has 1 heterocycles. The standard InChI is InChI=1S/C16H18ClNO5S/c1-18(13-8-9-24(21,22)11-13)15(19)10-23-16(20)7-6-12-4-2-3-5-14(12)17/h2-7,13H,8-11H2,1H3/b7-6+. The van der Waals surface area contributed by atoms with E-state index >= 15 is 0 Å². The molecule has 0 aliphatic carbocycles. The molecule has 24 heavy (non-hydrogen) atoms. The van der Waals surface area contributed by atoms with Crippen LogP contribution in [0.3, 0.4) is 0 Å². The van der Waals surface area contributed by atoms with Crippen LogP contribution in [0.1, 0.15) is 12.0 Å². The van der Waals surface area contributed by atoms with Gasteiger partial charge in [0.2, 0.25) is 0 Å². The Morgan fingerprint density at radius 1 is 1.38 bits per heavy atom. The van der Waals surface area contributed by atoms with Gasteiger partial charge in [0.25, 0.3) is 5.91 Å². The predicted molar refractivity (Wildman–Crippen MR) is 91.3 cm³/mol. The molecule has 130 valence electrons. The van der Waals surface area contributed by atoms with E-state index in [4.69, 9.17) is 16.3 Å². The van der Waals surface area contributed by atoms with Gasteiger partial charge in [0.05, 0.1) is 11.5 Å². The fraction of sp³-hybridized carbons (Fsp3) is 0.375. The molecule has 0 bridgehead atoms. The number of benzene rings is 1. The van der Waals surface area contributed by atoms with Crippen molar-refractivity contribution in [2.24, 2.45) is 0 Å². The van der Waals surface area contributed by atoms with Gasteiger partial charge in [0.15, 0.2) is 16.4 Å². The number of carbonyl (C=O) groups is 2. The van der Waals surface area contributed by atoms with E-state index < -0.39 is 28.3 Å². The summed E-state index contributed by atoms with van der Waals surface area (Å²) in [5.41, 5.74) is 0.663. The highest BCUT2D eigenvalue weighted by atomic mass is 35.5. The smallest absolute Gasteiger partial charge is 0.331 e. The summed E-state index contributed by atoms with van der Waals surface area (Å²) < 4.78 is 27.8. The number of amides is 1. The summed E-state index contributed by atoms with van der Waals surface area (Å²) in [4.78, 5) is 25.0. The van der Waals surface area contributed by atoms with Crippen molar-refractivity contribution in [1.29, 1.82) is 0 Å². The summed E-state index contributed by atoms with van der Waals surface area (Å²) in [5.74, 6) is -1.07. The monoisotopic (exact) mass is 371 g/mol. The minimum atomic E-state index is -3.07. The summed E-state index contributed by atoms with van der Waals surface area (Å²) in [6.45, 7) is -0.432. The van der Waals surface area contributed by atoms with Crippen molar-refractivity contribution in [3.63, 3.8) is 0 Å². The van der Waals surface area contributed by atoms with Crippen molar-refractivity contribution < 1.29 is 22.7 Å². The molecule has 1 aliphatic rings. The SMILES string of the molecule is CN(C(=O)COC(=O)/C=C/c1ccccc1Cl)C1CCS(=O)(=O)C1. The van der Waals surface area contributed by atoms with Gasteiger partial charge in [-0.25, -0.2) is 13.2 Å². The number of nitrogens with zero attached hydrogens (tertiary/aromatic N) is 1. The molecule has 1 aromatic carbocycles. The topological polar surface area (TPSA) is 80.8 Å². The summed E-state index contributed by atoms with van der Waals surface area (Å²) in [6.07, 6.45) is 3.10. The highest BCUT2D eigenvalue weighted by Crippen LogP contribution is 2.17. The maximum atomic E-state index is 12.0. The van der Waals surface area contributed by atoms with Crippen LogP contribution in [-0.4, -0.2) is 56.4 Å². The number of likely N-dealkylation sites (N-methyl/N-ethyl adjacent to an activating group) is 1. The molecule has 2 rings (SSSR count). The first-order valence-electron chi connectivity index (χ1n) is 7.34. The molecule has 0 saturated carbocycles. The molecule has 1 amide bonds. The lowest BCUT2D eigenvalue weighted by atomic mass is 10.2. The molecule has 1 fully saturated rings. The van der Waals surface area contributed by atoms with E-state index in [1.54, 1.807) is 24.3 Å². The number of sulfone groups is 1. The molecule has 6 nitrogen and oxygen atoms in total. The fourth-order valence-electron chi connectivity index (χ4n) is 2.34. The van der Waals surface area contributed by atoms with Gasteiger partial charge in [-0.1, -0.05) is 29.8 Å². The van der Waals surface area contributed by atoms with Crippen molar-refractivity contribution in [2.75, 3.05) is 25.2 Å². The van der Waals surface area contributed by atoms with E-state index in [9.17, 15) is 18.0 Å². The van der Waals surface area contributed by atoms with E-state index in [2.05, 4.69) is 0 Å². The van der Waals surface area contributed by atoms with Gasteiger partial charge in [-0.3, -0.25) is 4.79 Å². The number of hydrogen-bond acceptors (Lipinski definition) is 5. The average Bonchev–Trinajstić information content (AvgIpc) is 2.91. The first kappa shape index (κ1) is 18.5. The molecule has 0 radical (unpaired) electrons. The molecule has 8 heteroatoms. The van der Waals surface area contributed by atoms with Crippen molar-refractivity contribution in [2.45, 2.75) is 12.5 Å². The van der Waals surface area contributed by atoms with E-state index in [1.807, 2.05) is 0 Å². The fourth-order valence-corrected chi connectivity index (χ4v) is 4.31. The van der Waals surface area contributed by atoms with Crippen LogP contribution in [0.5, 0.6) is 0 Å². The second-order valence-corrected chi connectivity index (χ2v) is 8.16. The zero-order valence-electron chi connectivity index (χ0n) is 13.1. The Bertz CT molecular complexity index is 759. The van der Waals surface area contributed by atoms with Gasteiger partial charge in [0, 0.05) is 24.2 Å². The normalized spacial score (nSPS) is 19.3. The Labute approximate surface area is 146 Å². The Morgan fingerprint density at radius 3 is 2.71 bits per heavy atom. The third-order valence-corrected chi connectivity index (χ3v) is 5.89. The number of esters is 1. The number of halogens is 1. The van der Waals surface area contributed by atoms with Crippen LogP contribution in [0.25, 0.3) is 6.08 Å². The highest BCUT2D eigenvalue weighted by molar-refractivity contribution is 7.91. The first-order valence-corrected chi connectivity index (χ1v) is 9.54. The second kappa shape index (κ2) is 7.81. The number of carbonyl (C=O) groups excluding carboxylic acids is 2. The molecule has 1 unspecified atom stereocenters. The number of rotatable bonds is 5. The minimum Gasteiger partial charge on any atom is -0.452 e. The molecule has 1 atom stereocenters. The van der Waals surface area contributed by atoms with Crippen LogP contribution < -0.4 is 0 Å². The molecule has 1 aliphatic heterocycles. The quantitative estimate of drug-likeness (QED) is 0.579. The van der Waals surface area contributed by atoms with Crippen molar-refractivity contribution >= 4 is 39.4 Å². The molecule has 0 N–H and O–H groups in total. The van der Waals surface area contributed by atoms with Gasteiger partial charge in [-0.05, 0) is 24.1 Å². The molecule has 0 spiro atoms. The molecule has 1 aromatic rings. The molecular weight excluding hydrogens is 354 g/mol. The summed E-state index contributed by atoms with van der Waals surface area (Å²) >= 11 is 5.96. The van der Waals surface area contributed by atoms with E-state index in [0.29, 0.717) is 17.0 Å². The Morgan fingerprint density at radius 2 is 2.08 bits per heavy atom. The van der Waals surface area contributed by atoms with Crippen LogP contribution in [-0.2, 0) is 24.2 Å². The van der Waals surface area contributed by atoms with Crippen LogP contribution in [0, 0.1) is 0 Å². The molecule has 1 saturated heterocycles. The van der Waals surface area contributed by atoms with Crippen LogP contribution in [0.4, 0.5) is 0 Å². The zero-order valence-corrected chi connectivity index (χ0v) is 14.7. The lowest BCUT2D eigenvalue weighted by Crippen LogP contribution is -2.40. The van der Waals surface area contributed by atoms with Crippen LogP contribution in [0.15, 0.2) is 30.3 Å². The van der Waals surface area contributed by atoms with Crippen molar-refractivity contribution in [3.8, 4) is 0 Å². The lowest BCUT2D eigenvalue weighted by Gasteiger charge is -2.22.